The summed E-state index contributed by atoms with van der Waals surface area (Å²) in [6.45, 7) is 0.318. The van der Waals surface area contributed by atoms with Gasteiger partial charge in [-0.3, -0.25) is 8.89 Å². The molecule has 0 aliphatic heterocycles. The Hall–Kier alpha value is -4.75. The molecule has 3 heterocycles. The van der Waals surface area contributed by atoms with Crippen LogP contribution in [0.1, 0.15) is 22.4 Å². The van der Waals surface area contributed by atoms with Crippen molar-refractivity contribution in [1.29, 1.82) is 0 Å². The number of rotatable bonds is 6. The monoisotopic (exact) mass is 526 g/mol. The van der Waals surface area contributed by atoms with Crippen molar-refractivity contribution < 1.29 is 13.4 Å². The molecule has 5 rings (SSSR count). The van der Waals surface area contributed by atoms with E-state index in [1.54, 1.807) is 54.5 Å². The molecule has 0 radical (unpaired) electrons. The number of aryl methyl sites for hydroxylation is 1. The van der Waals surface area contributed by atoms with Gasteiger partial charge in [0.15, 0.2) is 0 Å². The fraction of sp³-hybridized carbons (Fsp3) is 0.107. The number of urea groups is 1. The average Bonchev–Trinajstić information content (AvgIpc) is 3.55. The van der Waals surface area contributed by atoms with Crippen LogP contribution in [0, 0.1) is 17.7 Å². The Balaban J connectivity index is 1.34. The third kappa shape index (κ3) is 6.14. The van der Waals surface area contributed by atoms with E-state index >= 15 is 0 Å². The van der Waals surface area contributed by atoms with Gasteiger partial charge in [0.1, 0.15) is 11.5 Å². The Labute approximate surface area is 221 Å². The molecule has 8 nitrogen and oxygen atoms in total. The number of aromatic nitrogens is 4. The zero-order chi connectivity index (χ0) is 26.5. The average molecular weight is 527 g/mol. The van der Waals surface area contributed by atoms with E-state index in [0.717, 1.165) is 11.2 Å². The second kappa shape index (κ2) is 11.1. The summed E-state index contributed by atoms with van der Waals surface area (Å²) in [5.74, 6) is 5.89. The minimum Gasteiger partial charge on any atom is -0.334 e. The van der Waals surface area contributed by atoms with Crippen LogP contribution in [0.2, 0.25) is 0 Å². The fourth-order valence-electron chi connectivity index (χ4n) is 3.75. The van der Waals surface area contributed by atoms with Crippen molar-refractivity contribution >= 4 is 28.2 Å². The van der Waals surface area contributed by atoms with Crippen molar-refractivity contribution in [2.75, 3.05) is 5.32 Å². The molecule has 38 heavy (non-hydrogen) atoms. The van der Waals surface area contributed by atoms with Gasteiger partial charge >= 0.3 is 6.03 Å². The van der Waals surface area contributed by atoms with Crippen molar-refractivity contribution in [1.82, 2.24) is 24.5 Å². The number of halogens is 1. The summed E-state index contributed by atoms with van der Waals surface area (Å²) in [5, 5.41) is 9.94. The Bertz CT molecular complexity index is 1700. The summed E-state index contributed by atoms with van der Waals surface area (Å²) in [6.07, 6.45) is 7.24. The van der Waals surface area contributed by atoms with E-state index < -0.39 is 16.8 Å². The van der Waals surface area contributed by atoms with Crippen molar-refractivity contribution in [3.63, 3.8) is 0 Å². The topological polar surface area (TPSA) is 93.3 Å². The number of hydrogen-bond donors (Lipinski definition) is 2. The SMILES string of the molecule is Cn1ccc(CS(=O)c2ccc(NC(=O)NCc3ccn4ccnc4c3)cc2C#Cc2ccc(F)cc2)n1. The minimum absolute atomic E-state index is 0.222. The summed E-state index contributed by atoms with van der Waals surface area (Å²) in [6, 6.07) is 16.1. The lowest BCUT2D eigenvalue weighted by Gasteiger charge is -2.10. The highest BCUT2D eigenvalue weighted by Gasteiger charge is 2.13. The second-order valence-electron chi connectivity index (χ2n) is 8.47. The molecule has 0 bridgehead atoms. The van der Waals surface area contributed by atoms with E-state index in [0.29, 0.717) is 33.9 Å². The van der Waals surface area contributed by atoms with Crippen LogP contribution in [0.25, 0.3) is 5.65 Å². The Morgan fingerprint density at radius 1 is 1.03 bits per heavy atom. The maximum Gasteiger partial charge on any atom is 0.319 e. The van der Waals surface area contributed by atoms with Crippen molar-refractivity contribution in [3.8, 4) is 11.8 Å². The lowest BCUT2D eigenvalue weighted by molar-refractivity contribution is 0.251. The third-order valence-corrected chi connectivity index (χ3v) is 7.04. The van der Waals surface area contributed by atoms with Crippen LogP contribution in [0.5, 0.6) is 0 Å². The molecule has 1 atom stereocenters. The van der Waals surface area contributed by atoms with Gasteiger partial charge < -0.3 is 15.0 Å². The zero-order valence-electron chi connectivity index (χ0n) is 20.4. The number of fused-ring (bicyclic) bond motifs is 1. The highest BCUT2D eigenvalue weighted by molar-refractivity contribution is 7.84. The quantitative estimate of drug-likeness (QED) is 0.324. The van der Waals surface area contributed by atoms with Crippen LogP contribution >= 0.6 is 0 Å². The molecule has 2 N–H and O–H groups in total. The first kappa shape index (κ1) is 24.9. The molecule has 3 aromatic heterocycles. The van der Waals surface area contributed by atoms with Gasteiger partial charge in [0.25, 0.3) is 0 Å². The Morgan fingerprint density at radius 2 is 1.87 bits per heavy atom. The minimum atomic E-state index is -1.43. The van der Waals surface area contributed by atoms with Crippen LogP contribution in [0.3, 0.4) is 0 Å². The molecule has 2 aromatic carbocycles. The predicted molar refractivity (Wildman–Crippen MR) is 143 cm³/mol. The fourth-order valence-corrected chi connectivity index (χ4v) is 4.90. The normalized spacial score (nSPS) is 11.5. The molecule has 0 spiro atoms. The van der Waals surface area contributed by atoms with Crippen LogP contribution in [-0.2, 0) is 30.1 Å². The van der Waals surface area contributed by atoms with E-state index in [1.165, 1.54) is 12.1 Å². The zero-order valence-corrected chi connectivity index (χ0v) is 21.2. The number of nitrogens with one attached hydrogen (secondary N) is 2. The summed E-state index contributed by atoms with van der Waals surface area (Å²) in [7, 11) is 0.373. The molecular weight excluding hydrogens is 503 g/mol. The first-order valence-corrected chi connectivity index (χ1v) is 13.0. The predicted octanol–water partition coefficient (Wildman–Crippen LogP) is 4.24. The summed E-state index contributed by atoms with van der Waals surface area (Å²) in [5.41, 5.74) is 3.99. The van der Waals surface area contributed by atoms with E-state index in [4.69, 9.17) is 0 Å². The van der Waals surface area contributed by atoms with Gasteiger partial charge in [0, 0.05) is 55.2 Å². The number of amides is 2. The first-order chi connectivity index (χ1) is 18.4. The molecule has 5 aromatic rings. The van der Waals surface area contributed by atoms with Gasteiger partial charge in [-0.2, -0.15) is 5.10 Å². The number of nitrogens with zero attached hydrogens (tertiary/aromatic N) is 4. The van der Waals surface area contributed by atoms with Crippen LogP contribution in [0.4, 0.5) is 14.9 Å². The third-order valence-electron chi connectivity index (χ3n) is 5.63. The standard InChI is InChI=1S/C28H23FN6O2S/c1-34-13-11-25(33-34)19-38(37)26-9-8-24(17-22(26)5-2-20-3-6-23(29)7-4-20)32-28(36)31-18-21-10-14-35-15-12-30-27(35)16-21/h3-4,6-17H,18-19H2,1H3,(H2,31,32,36). The largest absolute Gasteiger partial charge is 0.334 e. The van der Waals surface area contributed by atoms with Gasteiger partial charge in [-0.25, -0.2) is 14.2 Å². The van der Waals surface area contributed by atoms with Crippen molar-refractivity contribution in [2.24, 2.45) is 7.05 Å². The number of carbonyl (C=O) groups excluding carboxylic acids is 1. The molecule has 190 valence electrons. The first-order valence-electron chi connectivity index (χ1n) is 11.7. The molecule has 10 heteroatoms. The maximum atomic E-state index is 13.3. The summed E-state index contributed by atoms with van der Waals surface area (Å²) < 4.78 is 30.0. The highest BCUT2D eigenvalue weighted by atomic mass is 32.2. The van der Waals surface area contributed by atoms with E-state index in [1.807, 2.05) is 35.0 Å². The van der Waals surface area contributed by atoms with Crippen molar-refractivity contribution in [3.05, 3.63) is 114 Å². The molecule has 0 aliphatic rings. The van der Waals surface area contributed by atoms with Gasteiger partial charge in [-0.1, -0.05) is 11.8 Å². The van der Waals surface area contributed by atoms with Crippen LogP contribution < -0.4 is 10.6 Å². The lowest BCUT2D eigenvalue weighted by atomic mass is 10.1. The molecule has 0 fully saturated rings. The van der Waals surface area contributed by atoms with Gasteiger partial charge in [-0.15, -0.1) is 0 Å². The van der Waals surface area contributed by atoms with Gasteiger partial charge in [0.2, 0.25) is 0 Å². The highest BCUT2D eigenvalue weighted by Crippen LogP contribution is 2.21. The lowest BCUT2D eigenvalue weighted by Crippen LogP contribution is -2.28. The van der Waals surface area contributed by atoms with Gasteiger partial charge in [0.05, 0.1) is 27.1 Å². The number of imidazole rings is 1. The molecule has 0 aliphatic carbocycles. The molecular formula is C28H23FN6O2S. The van der Waals surface area contributed by atoms with Crippen LogP contribution in [-0.4, -0.2) is 29.4 Å². The van der Waals surface area contributed by atoms with Crippen LogP contribution in [0.15, 0.2) is 90.3 Å². The number of benzene rings is 2. The number of pyridine rings is 1. The Kier molecular flexibility index (Phi) is 7.28. The number of carbonyl (C=O) groups is 1. The number of hydrogen-bond acceptors (Lipinski definition) is 4. The van der Waals surface area contributed by atoms with E-state index in [-0.39, 0.29) is 11.6 Å². The second-order valence-corrected chi connectivity index (χ2v) is 9.89. The van der Waals surface area contributed by atoms with E-state index in [9.17, 15) is 13.4 Å². The number of anilines is 1. The smallest absolute Gasteiger partial charge is 0.319 e. The summed E-state index contributed by atoms with van der Waals surface area (Å²) >= 11 is 0. The Morgan fingerprint density at radius 3 is 2.66 bits per heavy atom. The molecule has 2 amide bonds. The maximum absolute atomic E-state index is 13.3. The van der Waals surface area contributed by atoms with Crippen molar-refractivity contribution in [2.45, 2.75) is 17.2 Å². The molecule has 1 unspecified atom stereocenters. The molecule has 0 saturated heterocycles. The van der Waals surface area contributed by atoms with Gasteiger partial charge in [-0.05, 0) is 66.2 Å². The summed E-state index contributed by atoms with van der Waals surface area (Å²) in [4.78, 5) is 17.4. The molecule has 0 saturated carbocycles. The van der Waals surface area contributed by atoms with E-state index in [2.05, 4.69) is 32.6 Å².